The molecule has 2 unspecified atom stereocenters. The monoisotopic (exact) mass is 751 g/mol. The highest BCUT2D eigenvalue weighted by molar-refractivity contribution is 5.96. The zero-order chi connectivity index (χ0) is 40.3. The topological polar surface area (TPSA) is 181 Å². The molecule has 0 saturated heterocycles. The molecule has 6 rings (SSSR count). The van der Waals surface area contributed by atoms with Crippen molar-refractivity contribution in [3.05, 3.63) is 113 Å². The van der Waals surface area contributed by atoms with Gasteiger partial charge in [0.2, 0.25) is 23.6 Å². The fourth-order valence-corrected chi connectivity index (χ4v) is 6.05. The van der Waals surface area contributed by atoms with E-state index >= 15 is 0 Å². The summed E-state index contributed by atoms with van der Waals surface area (Å²) in [6.07, 6.45) is 0.361. The van der Waals surface area contributed by atoms with Crippen molar-refractivity contribution in [2.75, 3.05) is 24.1 Å². The van der Waals surface area contributed by atoms with Crippen LogP contribution in [0.1, 0.15) is 75.8 Å². The van der Waals surface area contributed by atoms with Crippen LogP contribution >= 0.6 is 0 Å². The Morgan fingerprint density at radius 1 is 0.800 bits per heavy atom. The number of phenols is 1. The van der Waals surface area contributed by atoms with Crippen LogP contribution in [0.15, 0.2) is 84.9 Å². The van der Waals surface area contributed by atoms with Crippen LogP contribution in [0.25, 0.3) is 0 Å². The summed E-state index contributed by atoms with van der Waals surface area (Å²) >= 11 is 0. The van der Waals surface area contributed by atoms with E-state index in [1.54, 1.807) is 30.3 Å². The number of carbonyl (C=O) groups excluding carboxylic acids is 4. The van der Waals surface area contributed by atoms with E-state index in [0.717, 1.165) is 28.2 Å². The first-order valence-corrected chi connectivity index (χ1v) is 18.4. The molecule has 12 nitrogen and oxygen atoms in total. The third kappa shape index (κ3) is 11.3. The lowest BCUT2D eigenvalue weighted by Gasteiger charge is -2.37. The van der Waals surface area contributed by atoms with E-state index in [9.17, 15) is 19.2 Å². The lowest BCUT2D eigenvalue weighted by Crippen LogP contribution is -2.51. The molecule has 0 saturated carbocycles. The molecule has 0 radical (unpaired) electrons. The lowest BCUT2D eigenvalue weighted by atomic mass is 9.77. The van der Waals surface area contributed by atoms with Crippen molar-refractivity contribution in [1.82, 2.24) is 16.0 Å². The Balaban J connectivity index is 0.000000481. The second-order valence-corrected chi connectivity index (χ2v) is 14.7. The molecule has 7 N–H and O–H groups in total. The fourth-order valence-electron chi connectivity index (χ4n) is 6.05. The van der Waals surface area contributed by atoms with Crippen molar-refractivity contribution < 1.29 is 33.8 Å². The number of ether oxygens (including phenoxy) is 2. The summed E-state index contributed by atoms with van der Waals surface area (Å²) in [4.78, 5) is 49.0. The second kappa shape index (κ2) is 18.9. The number of anilines is 2. The molecule has 12 heteroatoms. The van der Waals surface area contributed by atoms with Crippen LogP contribution in [0.2, 0.25) is 0 Å². The summed E-state index contributed by atoms with van der Waals surface area (Å²) in [5.74, 6) is 0.530. The Kier molecular flexibility index (Phi) is 14.4. The maximum absolute atomic E-state index is 12.9. The van der Waals surface area contributed by atoms with Gasteiger partial charge in [0.1, 0.15) is 23.3 Å². The Morgan fingerprint density at radius 3 is 2.05 bits per heavy atom. The third-order valence-electron chi connectivity index (χ3n) is 8.40. The summed E-state index contributed by atoms with van der Waals surface area (Å²) < 4.78 is 12.8. The number of fused-ring (bicyclic) bond motifs is 6. The number of nitrogens with one attached hydrogen (secondary N) is 4. The molecule has 4 aromatic rings. The molecule has 2 atom stereocenters. The van der Waals surface area contributed by atoms with Gasteiger partial charge in [0.15, 0.2) is 5.60 Å². The Bertz CT molecular complexity index is 1950. The predicted octanol–water partition coefficient (Wildman–Crippen LogP) is 6.28. The molecule has 1 spiro atoms. The SMILES string of the molecule is CC(=O)NCC(=O)NC(CC(C)C)C(=O)NCC(=O)Nc1ccc2c(c1)Oc1cc(N)ccc1C21OCc2ccccc21.CC(C)C.Cc1ccc(O)cc1. The van der Waals surface area contributed by atoms with Crippen LogP contribution in [-0.4, -0.2) is 47.9 Å². The first-order valence-electron chi connectivity index (χ1n) is 18.4. The molecule has 0 bridgehead atoms. The normalized spacial score (nSPS) is 15.1. The van der Waals surface area contributed by atoms with Gasteiger partial charge in [-0.15, -0.1) is 0 Å². The number of nitrogens with two attached hydrogens (primary N) is 1. The third-order valence-corrected chi connectivity index (χ3v) is 8.40. The molecule has 4 aromatic carbocycles. The lowest BCUT2D eigenvalue weighted by molar-refractivity contribution is -0.130. The number of phenolic OH excluding ortho intramolecular Hbond substituents is 1. The molecule has 4 amide bonds. The van der Waals surface area contributed by atoms with E-state index in [1.165, 1.54) is 12.5 Å². The molecule has 2 aliphatic heterocycles. The van der Waals surface area contributed by atoms with Crippen molar-refractivity contribution in [1.29, 1.82) is 0 Å². The van der Waals surface area contributed by atoms with Crippen molar-refractivity contribution in [2.45, 2.75) is 73.1 Å². The van der Waals surface area contributed by atoms with Crippen LogP contribution in [0.5, 0.6) is 17.2 Å². The first kappa shape index (κ1) is 41.9. The van der Waals surface area contributed by atoms with E-state index < -0.39 is 29.4 Å². The molecular formula is C43H53N5O7. The number of hydrogen-bond donors (Lipinski definition) is 6. The smallest absolute Gasteiger partial charge is 0.243 e. The van der Waals surface area contributed by atoms with Crippen molar-refractivity contribution in [3.63, 3.8) is 0 Å². The fraction of sp³-hybridized carbons (Fsp3) is 0.349. The van der Waals surface area contributed by atoms with Gasteiger partial charge in [-0.05, 0) is 72.7 Å². The number of benzene rings is 4. The molecular weight excluding hydrogens is 699 g/mol. The van der Waals surface area contributed by atoms with Gasteiger partial charge in [0.25, 0.3) is 0 Å². The van der Waals surface area contributed by atoms with Gasteiger partial charge in [-0.3, -0.25) is 19.2 Å². The van der Waals surface area contributed by atoms with Gasteiger partial charge in [0.05, 0.1) is 19.7 Å². The average Bonchev–Trinajstić information content (AvgIpc) is 3.50. The summed E-state index contributed by atoms with van der Waals surface area (Å²) in [5.41, 5.74) is 11.1. The van der Waals surface area contributed by atoms with E-state index in [4.69, 9.17) is 20.3 Å². The van der Waals surface area contributed by atoms with E-state index in [2.05, 4.69) is 42.0 Å². The van der Waals surface area contributed by atoms with Crippen molar-refractivity contribution >= 4 is 35.0 Å². The number of hydrogen-bond acceptors (Lipinski definition) is 8. The minimum absolute atomic E-state index is 0.0979. The van der Waals surface area contributed by atoms with Crippen LogP contribution in [0.4, 0.5) is 11.4 Å². The highest BCUT2D eigenvalue weighted by Crippen LogP contribution is 2.56. The molecule has 2 heterocycles. The summed E-state index contributed by atoms with van der Waals surface area (Å²) in [6.45, 7) is 13.5. The van der Waals surface area contributed by atoms with Gasteiger partial charge < -0.3 is 41.6 Å². The number of nitrogen functional groups attached to an aromatic ring is 1. The van der Waals surface area contributed by atoms with Crippen molar-refractivity contribution in [3.8, 4) is 17.2 Å². The maximum atomic E-state index is 12.9. The van der Waals surface area contributed by atoms with Crippen LogP contribution in [0.3, 0.4) is 0 Å². The Hall–Kier alpha value is -5.88. The van der Waals surface area contributed by atoms with Gasteiger partial charge >= 0.3 is 0 Å². The predicted molar refractivity (Wildman–Crippen MR) is 214 cm³/mol. The van der Waals surface area contributed by atoms with Gasteiger partial charge in [0, 0.05) is 41.6 Å². The zero-order valence-corrected chi connectivity index (χ0v) is 32.6. The zero-order valence-electron chi connectivity index (χ0n) is 32.6. The highest BCUT2D eigenvalue weighted by Gasteiger charge is 2.49. The van der Waals surface area contributed by atoms with E-state index in [1.807, 2.05) is 75.4 Å². The summed E-state index contributed by atoms with van der Waals surface area (Å²) in [7, 11) is 0. The quantitative estimate of drug-likeness (QED) is 0.108. The minimum atomic E-state index is -0.889. The van der Waals surface area contributed by atoms with E-state index in [0.29, 0.717) is 41.7 Å². The second-order valence-electron chi connectivity index (χ2n) is 14.7. The number of aryl methyl sites for hydroxylation is 1. The largest absolute Gasteiger partial charge is 0.508 e. The van der Waals surface area contributed by atoms with Crippen LogP contribution in [-0.2, 0) is 36.1 Å². The first-order chi connectivity index (χ1) is 26.1. The molecule has 0 fully saturated rings. The summed E-state index contributed by atoms with van der Waals surface area (Å²) in [5, 5.41) is 19.2. The van der Waals surface area contributed by atoms with Crippen molar-refractivity contribution in [2.24, 2.45) is 11.8 Å². The number of amides is 4. The summed E-state index contributed by atoms with van der Waals surface area (Å²) in [6, 6.07) is 25.1. The van der Waals surface area contributed by atoms with Gasteiger partial charge in [-0.2, -0.15) is 0 Å². The van der Waals surface area contributed by atoms with Gasteiger partial charge in [-0.25, -0.2) is 0 Å². The molecule has 55 heavy (non-hydrogen) atoms. The molecule has 0 aliphatic carbocycles. The Morgan fingerprint density at radius 2 is 1.42 bits per heavy atom. The number of carbonyl (C=O) groups is 4. The van der Waals surface area contributed by atoms with Crippen LogP contribution in [0, 0.1) is 18.8 Å². The highest BCUT2D eigenvalue weighted by atomic mass is 16.5. The molecule has 292 valence electrons. The number of aromatic hydroxyl groups is 1. The molecule has 0 aromatic heterocycles. The van der Waals surface area contributed by atoms with Gasteiger partial charge in [-0.1, -0.05) is 76.6 Å². The maximum Gasteiger partial charge on any atom is 0.243 e. The minimum Gasteiger partial charge on any atom is -0.508 e. The van der Waals surface area contributed by atoms with E-state index in [-0.39, 0.29) is 24.9 Å². The average molecular weight is 752 g/mol. The van der Waals surface area contributed by atoms with Crippen LogP contribution < -0.4 is 31.7 Å². The standard InChI is InChI=1S/C32H35N5O6.C7H8O.C4H10/c1-18(2)12-26(37-30(40)15-34-19(3)38)31(41)35-16-29(39)36-22-9-11-25-28(14-22)43-27-13-21(33)8-10-24(27)32(25)23-7-5-4-6-20(23)17-42-32;1-6-2-4-7(8)5-3-6;1-4(2)3/h4-11,13-14,18,26H,12,15-17,33H2,1-3H3,(H,34,38)(H,35,41)(H,36,39)(H,37,40);2-5,8H,1H3;4H,1-3H3. The Labute approximate surface area is 323 Å². The number of rotatable bonds is 9. The molecule has 2 aliphatic rings.